The van der Waals surface area contributed by atoms with E-state index in [2.05, 4.69) is 20.9 Å². The SMILES string of the molecule is Cc1ccc(-c2cnc(C(C)Cl)o2)c(Br)c1. The van der Waals surface area contributed by atoms with Gasteiger partial charge in [0.1, 0.15) is 5.38 Å². The monoisotopic (exact) mass is 299 g/mol. The largest absolute Gasteiger partial charge is 0.439 e. The molecule has 2 nitrogen and oxygen atoms in total. The average molecular weight is 301 g/mol. The van der Waals surface area contributed by atoms with Crippen molar-refractivity contribution < 1.29 is 4.42 Å². The molecule has 0 amide bonds. The first-order valence-corrected chi connectivity index (χ1v) is 6.17. The van der Waals surface area contributed by atoms with Crippen LogP contribution in [0.3, 0.4) is 0 Å². The predicted octanol–water partition coefficient (Wildman–Crippen LogP) is 4.71. The van der Waals surface area contributed by atoms with E-state index < -0.39 is 0 Å². The van der Waals surface area contributed by atoms with Crippen molar-refractivity contribution in [3.63, 3.8) is 0 Å². The van der Waals surface area contributed by atoms with Crippen molar-refractivity contribution in [3.8, 4) is 11.3 Å². The van der Waals surface area contributed by atoms with Gasteiger partial charge in [0.25, 0.3) is 0 Å². The van der Waals surface area contributed by atoms with E-state index in [1.807, 2.05) is 32.0 Å². The van der Waals surface area contributed by atoms with Crippen molar-refractivity contribution in [1.82, 2.24) is 4.98 Å². The molecule has 4 heteroatoms. The lowest BCUT2D eigenvalue weighted by atomic mass is 10.1. The molecule has 0 fully saturated rings. The Labute approximate surface area is 108 Å². The molecule has 2 rings (SSSR count). The molecule has 16 heavy (non-hydrogen) atoms. The van der Waals surface area contributed by atoms with Crippen LogP contribution in [0, 0.1) is 6.92 Å². The highest BCUT2D eigenvalue weighted by atomic mass is 79.9. The fourth-order valence-electron chi connectivity index (χ4n) is 1.42. The summed E-state index contributed by atoms with van der Waals surface area (Å²) in [6.45, 7) is 3.88. The van der Waals surface area contributed by atoms with E-state index in [9.17, 15) is 0 Å². The molecule has 0 aliphatic heterocycles. The van der Waals surface area contributed by atoms with Crippen LogP contribution in [-0.2, 0) is 0 Å². The minimum atomic E-state index is -0.210. The van der Waals surface area contributed by atoms with E-state index in [0.717, 1.165) is 15.8 Å². The highest BCUT2D eigenvalue weighted by molar-refractivity contribution is 9.10. The second-order valence-electron chi connectivity index (χ2n) is 3.66. The molecule has 1 atom stereocenters. The van der Waals surface area contributed by atoms with E-state index in [4.69, 9.17) is 16.0 Å². The highest BCUT2D eigenvalue weighted by Gasteiger charge is 2.12. The number of hydrogen-bond acceptors (Lipinski definition) is 2. The lowest BCUT2D eigenvalue weighted by Crippen LogP contribution is -1.81. The lowest BCUT2D eigenvalue weighted by Gasteiger charge is -2.01. The summed E-state index contributed by atoms with van der Waals surface area (Å²) < 4.78 is 6.58. The van der Waals surface area contributed by atoms with Gasteiger partial charge >= 0.3 is 0 Å². The fourth-order valence-corrected chi connectivity index (χ4v) is 2.21. The molecule has 0 aliphatic carbocycles. The molecule has 1 aromatic carbocycles. The predicted molar refractivity (Wildman–Crippen MR) is 68.6 cm³/mol. The standard InChI is InChI=1S/C12H11BrClNO/c1-7-3-4-9(10(13)5-7)11-6-15-12(16-11)8(2)14/h3-6,8H,1-2H3. The summed E-state index contributed by atoms with van der Waals surface area (Å²) >= 11 is 9.41. The number of hydrogen-bond donors (Lipinski definition) is 0. The maximum Gasteiger partial charge on any atom is 0.212 e. The molecule has 0 radical (unpaired) electrons. The molecule has 0 spiro atoms. The normalized spacial score (nSPS) is 12.8. The van der Waals surface area contributed by atoms with Crippen molar-refractivity contribution in [2.45, 2.75) is 19.2 Å². The molecular formula is C12H11BrClNO. The van der Waals surface area contributed by atoms with Crippen LogP contribution in [0.5, 0.6) is 0 Å². The van der Waals surface area contributed by atoms with Gasteiger partial charge in [-0.3, -0.25) is 0 Å². The van der Waals surface area contributed by atoms with Gasteiger partial charge in [-0.1, -0.05) is 22.0 Å². The molecule has 0 aliphatic rings. The van der Waals surface area contributed by atoms with Gasteiger partial charge in [0, 0.05) is 10.0 Å². The van der Waals surface area contributed by atoms with E-state index in [1.54, 1.807) is 6.20 Å². The Hall–Kier alpha value is -0.800. The molecule has 0 N–H and O–H groups in total. The summed E-state index contributed by atoms with van der Waals surface area (Å²) in [7, 11) is 0. The zero-order chi connectivity index (χ0) is 11.7. The summed E-state index contributed by atoms with van der Waals surface area (Å²) in [4.78, 5) is 4.14. The Kier molecular flexibility index (Phi) is 3.36. The van der Waals surface area contributed by atoms with Crippen LogP contribution in [0.4, 0.5) is 0 Å². The maximum absolute atomic E-state index is 5.90. The molecular weight excluding hydrogens is 289 g/mol. The number of alkyl halides is 1. The van der Waals surface area contributed by atoms with E-state index in [1.165, 1.54) is 5.56 Å². The summed E-state index contributed by atoms with van der Waals surface area (Å²) in [5.74, 6) is 1.28. The van der Waals surface area contributed by atoms with Gasteiger partial charge in [-0.2, -0.15) is 0 Å². The number of rotatable bonds is 2. The number of halogens is 2. The first kappa shape index (κ1) is 11.7. The van der Waals surface area contributed by atoms with Crippen LogP contribution < -0.4 is 0 Å². The van der Waals surface area contributed by atoms with Crippen LogP contribution in [0.25, 0.3) is 11.3 Å². The minimum absolute atomic E-state index is 0.210. The lowest BCUT2D eigenvalue weighted by molar-refractivity contribution is 0.508. The summed E-state index contributed by atoms with van der Waals surface area (Å²) in [5.41, 5.74) is 2.18. The second-order valence-corrected chi connectivity index (χ2v) is 5.17. The molecule has 1 heterocycles. The van der Waals surface area contributed by atoms with Gasteiger partial charge in [0.15, 0.2) is 5.76 Å². The summed E-state index contributed by atoms with van der Waals surface area (Å²) in [6, 6.07) is 6.08. The Bertz CT molecular complexity index is 507. The first-order valence-electron chi connectivity index (χ1n) is 4.94. The Morgan fingerprint density at radius 2 is 2.19 bits per heavy atom. The van der Waals surface area contributed by atoms with E-state index in [-0.39, 0.29) is 5.38 Å². The van der Waals surface area contributed by atoms with Crippen molar-refractivity contribution in [2.24, 2.45) is 0 Å². The third kappa shape index (κ3) is 2.30. The van der Waals surface area contributed by atoms with Gasteiger partial charge in [-0.25, -0.2) is 4.98 Å². The number of nitrogens with zero attached hydrogens (tertiary/aromatic N) is 1. The van der Waals surface area contributed by atoms with Crippen molar-refractivity contribution in [2.75, 3.05) is 0 Å². The maximum atomic E-state index is 5.90. The van der Waals surface area contributed by atoms with Gasteiger partial charge in [0.2, 0.25) is 5.89 Å². The van der Waals surface area contributed by atoms with Gasteiger partial charge in [0.05, 0.1) is 6.20 Å². The molecule has 0 saturated carbocycles. The van der Waals surface area contributed by atoms with Crippen LogP contribution in [0.2, 0.25) is 0 Å². The van der Waals surface area contributed by atoms with E-state index >= 15 is 0 Å². The molecule has 1 aromatic heterocycles. The summed E-state index contributed by atoms with van der Waals surface area (Å²) in [6.07, 6.45) is 1.70. The number of aryl methyl sites for hydroxylation is 1. The van der Waals surface area contributed by atoms with E-state index in [0.29, 0.717) is 5.89 Å². The third-order valence-electron chi connectivity index (χ3n) is 2.25. The first-order chi connectivity index (χ1) is 7.58. The Morgan fingerprint density at radius 3 is 2.75 bits per heavy atom. The van der Waals surface area contributed by atoms with Gasteiger partial charge in [-0.05, 0) is 31.5 Å². The fraction of sp³-hybridized carbons (Fsp3) is 0.250. The van der Waals surface area contributed by atoms with Crippen LogP contribution in [0.1, 0.15) is 23.8 Å². The van der Waals surface area contributed by atoms with Crippen LogP contribution in [0.15, 0.2) is 33.3 Å². The molecule has 2 aromatic rings. The third-order valence-corrected chi connectivity index (χ3v) is 3.10. The van der Waals surface area contributed by atoms with Gasteiger partial charge in [-0.15, -0.1) is 11.6 Å². The van der Waals surface area contributed by atoms with Gasteiger partial charge < -0.3 is 4.42 Å². The number of benzene rings is 1. The van der Waals surface area contributed by atoms with Crippen LogP contribution in [-0.4, -0.2) is 4.98 Å². The van der Waals surface area contributed by atoms with Crippen LogP contribution >= 0.6 is 27.5 Å². The zero-order valence-corrected chi connectivity index (χ0v) is 11.3. The molecule has 84 valence electrons. The number of aromatic nitrogens is 1. The Balaban J connectivity index is 2.42. The summed E-state index contributed by atoms with van der Waals surface area (Å²) in [5, 5.41) is -0.210. The highest BCUT2D eigenvalue weighted by Crippen LogP contribution is 2.31. The van der Waals surface area contributed by atoms with Crippen molar-refractivity contribution in [1.29, 1.82) is 0 Å². The second kappa shape index (κ2) is 4.60. The number of oxazole rings is 1. The molecule has 1 unspecified atom stereocenters. The average Bonchev–Trinajstić information content (AvgIpc) is 2.66. The topological polar surface area (TPSA) is 26.0 Å². The smallest absolute Gasteiger partial charge is 0.212 e. The molecule has 0 saturated heterocycles. The van der Waals surface area contributed by atoms with Crippen molar-refractivity contribution >= 4 is 27.5 Å². The Morgan fingerprint density at radius 1 is 1.44 bits per heavy atom. The molecule has 0 bridgehead atoms. The quantitative estimate of drug-likeness (QED) is 0.751. The minimum Gasteiger partial charge on any atom is -0.439 e. The zero-order valence-electron chi connectivity index (χ0n) is 9.00. The van der Waals surface area contributed by atoms with Crippen molar-refractivity contribution in [3.05, 3.63) is 40.3 Å².